The van der Waals surface area contributed by atoms with Crippen molar-refractivity contribution in [3.8, 4) is 0 Å². The average Bonchev–Trinajstić information content (AvgIpc) is 2.90. The lowest BCUT2D eigenvalue weighted by Gasteiger charge is -2.17. The van der Waals surface area contributed by atoms with E-state index in [2.05, 4.69) is 20.2 Å². The summed E-state index contributed by atoms with van der Waals surface area (Å²) in [6.45, 7) is 4.22. The number of benzene rings is 1. The van der Waals surface area contributed by atoms with Gasteiger partial charge in [0.25, 0.3) is 0 Å². The highest BCUT2D eigenvalue weighted by atomic mass is 35.5. The number of ether oxygens (including phenoxy) is 1. The van der Waals surface area contributed by atoms with E-state index in [1.165, 1.54) is 6.92 Å². The summed E-state index contributed by atoms with van der Waals surface area (Å²) in [5, 5.41) is 6.51. The van der Waals surface area contributed by atoms with Crippen LogP contribution in [-0.4, -0.2) is 22.1 Å². The van der Waals surface area contributed by atoms with Crippen LogP contribution in [0.25, 0.3) is 0 Å². The second-order valence-corrected chi connectivity index (χ2v) is 5.51. The maximum atomic E-state index is 11.1. The molecule has 0 saturated heterocycles. The van der Waals surface area contributed by atoms with Crippen molar-refractivity contribution in [1.82, 2.24) is 9.55 Å². The van der Waals surface area contributed by atoms with Crippen LogP contribution in [-0.2, 0) is 29.2 Å². The second kappa shape index (κ2) is 6.37. The predicted molar refractivity (Wildman–Crippen MR) is 85.0 cm³/mol. The van der Waals surface area contributed by atoms with Gasteiger partial charge in [0, 0.05) is 19.2 Å². The zero-order valence-corrected chi connectivity index (χ0v) is 13.0. The van der Waals surface area contributed by atoms with Crippen molar-refractivity contribution in [2.75, 3.05) is 17.2 Å². The third-order valence-electron chi connectivity index (χ3n) is 3.46. The minimum Gasteiger partial charge on any atom is -0.379 e. The topological polar surface area (TPSA) is 68.2 Å². The summed E-state index contributed by atoms with van der Waals surface area (Å²) in [5.74, 6) is 0.817. The summed E-state index contributed by atoms with van der Waals surface area (Å²) < 4.78 is 7.55. The van der Waals surface area contributed by atoms with Crippen LogP contribution in [0.1, 0.15) is 18.4 Å². The van der Waals surface area contributed by atoms with Gasteiger partial charge in [-0.2, -0.15) is 0 Å². The summed E-state index contributed by atoms with van der Waals surface area (Å²) in [6.07, 6.45) is 1.87. The Bertz CT molecular complexity index is 699. The Morgan fingerprint density at radius 2 is 2.36 bits per heavy atom. The Morgan fingerprint density at radius 1 is 1.50 bits per heavy atom. The summed E-state index contributed by atoms with van der Waals surface area (Å²) in [5.41, 5.74) is 2.61. The fraction of sp³-hybridized carbons (Fsp3) is 0.333. The smallest absolute Gasteiger partial charge is 0.221 e. The Balaban J connectivity index is 1.68. The molecule has 0 atom stereocenters. The first-order valence-corrected chi connectivity index (χ1v) is 7.43. The summed E-state index contributed by atoms with van der Waals surface area (Å²) in [4.78, 5) is 15.4. The van der Waals surface area contributed by atoms with Crippen molar-refractivity contribution in [1.29, 1.82) is 0 Å². The van der Waals surface area contributed by atoms with Crippen LogP contribution in [0.5, 0.6) is 0 Å². The predicted octanol–water partition coefficient (Wildman–Crippen LogP) is 2.64. The lowest BCUT2D eigenvalue weighted by molar-refractivity contribution is -0.114. The van der Waals surface area contributed by atoms with Crippen LogP contribution < -0.4 is 10.6 Å². The third-order valence-corrected chi connectivity index (χ3v) is 3.78. The van der Waals surface area contributed by atoms with Crippen LogP contribution in [0.15, 0.2) is 24.4 Å². The van der Waals surface area contributed by atoms with Gasteiger partial charge in [-0.3, -0.25) is 4.79 Å². The molecule has 22 heavy (non-hydrogen) atoms. The van der Waals surface area contributed by atoms with Crippen LogP contribution >= 0.6 is 11.6 Å². The largest absolute Gasteiger partial charge is 0.379 e. The zero-order chi connectivity index (χ0) is 15.5. The van der Waals surface area contributed by atoms with E-state index in [0.717, 1.165) is 23.8 Å². The minimum atomic E-state index is -0.143. The van der Waals surface area contributed by atoms with E-state index in [0.29, 0.717) is 30.5 Å². The number of nitrogens with one attached hydrogen (secondary N) is 2. The van der Waals surface area contributed by atoms with Gasteiger partial charge in [-0.05, 0) is 18.2 Å². The number of imidazole rings is 1. The van der Waals surface area contributed by atoms with Gasteiger partial charge >= 0.3 is 0 Å². The molecule has 1 aromatic carbocycles. The third kappa shape index (κ3) is 3.23. The lowest BCUT2D eigenvalue weighted by Crippen LogP contribution is -2.19. The van der Waals surface area contributed by atoms with Gasteiger partial charge in [-0.25, -0.2) is 4.98 Å². The summed E-state index contributed by atoms with van der Waals surface area (Å²) in [7, 11) is 0. The molecule has 0 radical (unpaired) electrons. The highest BCUT2D eigenvalue weighted by Gasteiger charge is 2.14. The molecule has 0 bridgehead atoms. The van der Waals surface area contributed by atoms with E-state index >= 15 is 0 Å². The molecule has 2 heterocycles. The number of carbonyl (C=O) groups is 1. The lowest BCUT2D eigenvalue weighted by atomic mass is 10.2. The molecule has 3 rings (SSSR count). The monoisotopic (exact) mass is 320 g/mol. The number of hydrogen-bond donors (Lipinski definition) is 2. The maximum absolute atomic E-state index is 11.1. The number of halogens is 1. The average molecular weight is 321 g/mol. The molecule has 116 valence electrons. The van der Waals surface area contributed by atoms with E-state index in [1.54, 1.807) is 12.1 Å². The number of hydrogen-bond acceptors (Lipinski definition) is 4. The van der Waals surface area contributed by atoms with Gasteiger partial charge in [0.1, 0.15) is 12.4 Å². The Labute approximate surface area is 133 Å². The van der Waals surface area contributed by atoms with Crippen molar-refractivity contribution in [3.63, 3.8) is 0 Å². The maximum Gasteiger partial charge on any atom is 0.221 e. The molecule has 2 N–H and O–H groups in total. The highest BCUT2D eigenvalue weighted by Crippen LogP contribution is 2.26. The number of fused-ring (bicyclic) bond motifs is 1. The summed E-state index contributed by atoms with van der Waals surface area (Å²) in [6, 6.07) is 5.46. The molecule has 7 heteroatoms. The molecule has 1 aliphatic rings. The van der Waals surface area contributed by atoms with Crippen molar-refractivity contribution in [2.24, 2.45) is 0 Å². The standard InChI is InChI=1S/C15H17ClN4O2/c1-10(21)19-14-3-2-11(6-13(14)16)17-7-12-8-18-15-9-22-5-4-20(12)15/h2-3,6,8,17H,4-5,7,9H2,1H3,(H,19,21). The van der Waals surface area contributed by atoms with Crippen molar-refractivity contribution in [3.05, 3.63) is 40.9 Å². The van der Waals surface area contributed by atoms with Gasteiger partial charge in [0.15, 0.2) is 0 Å². The van der Waals surface area contributed by atoms with Gasteiger partial charge in [-0.15, -0.1) is 0 Å². The number of rotatable bonds is 4. The van der Waals surface area contributed by atoms with E-state index in [-0.39, 0.29) is 5.91 Å². The minimum absolute atomic E-state index is 0.143. The van der Waals surface area contributed by atoms with Crippen molar-refractivity contribution in [2.45, 2.75) is 26.6 Å². The number of amides is 1. The molecule has 0 fully saturated rings. The molecule has 1 aromatic heterocycles. The fourth-order valence-electron chi connectivity index (χ4n) is 2.41. The van der Waals surface area contributed by atoms with Crippen LogP contribution in [0, 0.1) is 0 Å². The molecule has 1 aliphatic heterocycles. The number of nitrogens with zero attached hydrogens (tertiary/aromatic N) is 2. The Kier molecular flexibility index (Phi) is 4.31. The molecular weight excluding hydrogens is 304 g/mol. The number of anilines is 2. The number of aromatic nitrogens is 2. The van der Waals surface area contributed by atoms with Gasteiger partial charge < -0.3 is 19.9 Å². The molecular formula is C15H17ClN4O2. The molecule has 1 amide bonds. The fourth-order valence-corrected chi connectivity index (χ4v) is 2.64. The van der Waals surface area contributed by atoms with Crippen LogP contribution in [0.2, 0.25) is 5.02 Å². The van der Waals surface area contributed by atoms with Crippen molar-refractivity contribution >= 4 is 28.9 Å². The van der Waals surface area contributed by atoms with Gasteiger partial charge in [0.2, 0.25) is 5.91 Å². The van der Waals surface area contributed by atoms with Crippen molar-refractivity contribution < 1.29 is 9.53 Å². The first-order valence-electron chi connectivity index (χ1n) is 7.05. The Morgan fingerprint density at radius 3 is 3.14 bits per heavy atom. The molecule has 0 spiro atoms. The zero-order valence-electron chi connectivity index (χ0n) is 12.2. The molecule has 0 saturated carbocycles. The van der Waals surface area contributed by atoms with Crippen LogP contribution in [0.4, 0.5) is 11.4 Å². The first kappa shape index (κ1) is 14.9. The summed E-state index contributed by atoms with van der Waals surface area (Å²) >= 11 is 6.16. The highest BCUT2D eigenvalue weighted by molar-refractivity contribution is 6.34. The van der Waals surface area contributed by atoms with E-state index in [1.807, 2.05) is 12.3 Å². The van der Waals surface area contributed by atoms with E-state index in [9.17, 15) is 4.79 Å². The van der Waals surface area contributed by atoms with Gasteiger partial charge in [-0.1, -0.05) is 11.6 Å². The SMILES string of the molecule is CC(=O)Nc1ccc(NCc2cnc3n2CCOC3)cc1Cl. The number of carbonyl (C=O) groups excluding carboxylic acids is 1. The second-order valence-electron chi connectivity index (χ2n) is 5.10. The van der Waals surface area contributed by atoms with Gasteiger partial charge in [0.05, 0.1) is 35.8 Å². The quantitative estimate of drug-likeness (QED) is 0.908. The molecule has 6 nitrogen and oxygen atoms in total. The molecule has 0 unspecified atom stereocenters. The first-order chi connectivity index (χ1) is 10.6. The van der Waals surface area contributed by atoms with Crippen LogP contribution in [0.3, 0.4) is 0 Å². The molecule has 0 aliphatic carbocycles. The van der Waals surface area contributed by atoms with E-state index < -0.39 is 0 Å². The van der Waals surface area contributed by atoms with E-state index in [4.69, 9.17) is 16.3 Å². The molecule has 2 aromatic rings. The normalized spacial score (nSPS) is 13.5. The Hall–Kier alpha value is -2.05.